The number of thioether (sulfide) groups is 1. The van der Waals surface area contributed by atoms with Crippen molar-refractivity contribution in [3.63, 3.8) is 0 Å². The smallest absolute Gasteiger partial charge is 0.404 e. The quantitative estimate of drug-likeness (QED) is 0.819. The predicted molar refractivity (Wildman–Crippen MR) is 75.4 cm³/mol. The Labute approximate surface area is 124 Å². The van der Waals surface area contributed by atoms with Crippen LogP contribution in [0, 0.1) is 0 Å². The Morgan fingerprint density at radius 2 is 2.14 bits per heavy atom. The number of hydrogen-bond donors (Lipinski definition) is 2. The first-order chi connectivity index (χ1) is 9.75. The minimum Gasteiger partial charge on any atom is -0.404 e. The van der Waals surface area contributed by atoms with E-state index >= 15 is 0 Å². The van der Waals surface area contributed by atoms with E-state index in [1.54, 1.807) is 11.8 Å². The minimum absolute atomic E-state index is 0.112. The number of nitrogens with two attached hydrogens (primary N) is 1. The van der Waals surface area contributed by atoms with Gasteiger partial charge in [0.15, 0.2) is 5.75 Å². The van der Waals surface area contributed by atoms with Gasteiger partial charge in [-0.15, -0.1) is 13.2 Å². The maximum absolute atomic E-state index is 12.1. The minimum atomic E-state index is -4.81. The highest BCUT2D eigenvalue weighted by atomic mass is 32.2. The first kappa shape index (κ1) is 15.8. The number of ether oxygens (including phenoxy) is 1. The van der Waals surface area contributed by atoms with Gasteiger partial charge in [0.05, 0.1) is 5.69 Å². The Bertz CT molecular complexity index is 545. The first-order valence-electron chi connectivity index (χ1n) is 6.23. The number of nitrogens with one attached hydrogen (secondary N) is 1. The van der Waals surface area contributed by atoms with Gasteiger partial charge in [-0.1, -0.05) is 0 Å². The first-order valence-corrected chi connectivity index (χ1v) is 7.46. The third kappa shape index (κ3) is 4.20. The highest BCUT2D eigenvalue weighted by Gasteiger charge is 2.42. The molecule has 0 atom stereocenters. The predicted octanol–water partition coefficient (Wildman–Crippen LogP) is 2.79. The molecule has 0 heterocycles. The van der Waals surface area contributed by atoms with Gasteiger partial charge in [-0.3, -0.25) is 4.79 Å². The summed E-state index contributed by atoms with van der Waals surface area (Å²) in [6.07, 6.45) is -0.723. The molecule has 1 saturated carbocycles. The van der Waals surface area contributed by atoms with Gasteiger partial charge >= 0.3 is 6.36 Å². The Morgan fingerprint density at radius 1 is 1.48 bits per heavy atom. The van der Waals surface area contributed by atoms with Crippen molar-refractivity contribution in [1.82, 2.24) is 5.32 Å². The van der Waals surface area contributed by atoms with E-state index in [1.165, 1.54) is 12.1 Å². The molecule has 1 aromatic rings. The lowest BCUT2D eigenvalue weighted by Gasteiger charge is -2.14. The molecule has 4 nitrogen and oxygen atoms in total. The van der Waals surface area contributed by atoms with Crippen molar-refractivity contribution in [2.45, 2.75) is 24.0 Å². The van der Waals surface area contributed by atoms with Gasteiger partial charge in [0.2, 0.25) is 0 Å². The van der Waals surface area contributed by atoms with Gasteiger partial charge in [-0.05, 0) is 37.3 Å². The molecule has 1 amide bonds. The average molecular weight is 320 g/mol. The van der Waals surface area contributed by atoms with Crippen LogP contribution in [-0.4, -0.2) is 29.8 Å². The number of rotatable bonds is 5. The van der Waals surface area contributed by atoms with E-state index in [2.05, 4.69) is 10.1 Å². The SMILES string of the molecule is CSC1(CNC(=O)c2ccc(OC(F)(F)F)c(N)c2)CC1. The van der Waals surface area contributed by atoms with Gasteiger partial charge in [-0.2, -0.15) is 11.8 Å². The second-order valence-corrected chi connectivity index (χ2v) is 6.14. The number of benzene rings is 1. The van der Waals surface area contributed by atoms with Crippen molar-refractivity contribution < 1.29 is 22.7 Å². The molecule has 0 spiro atoms. The summed E-state index contributed by atoms with van der Waals surface area (Å²) in [4.78, 5) is 11.9. The molecule has 0 unspecified atom stereocenters. The fourth-order valence-electron chi connectivity index (χ4n) is 1.84. The summed E-state index contributed by atoms with van der Waals surface area (Å²) in [6.45, 7) is 0.535. The Balaban J connectivity index is 2.00. The van der Waals surface area contributed by atoms with Crippen molar-refractivity contribution >= 4 is 23.4 Å². The van der Waals surface area contributed by atoms with Crippen LogP contribution in [-0.2, 0) is 0 Å². The zero-order valence-corrected chi connectivity index (χ0v) is 12.1. The van der Waals surface area contributed by atoms with Gasteiger partial charge in [0.1, 0.15) is 0 Å². The molecule has 0 aromatic heterocycles. The van der Waals surface area contributed by atoms with E-state index in [1.807, 2.05) is 6.26 Å². The summed E-state index contributed by atoms with van der Waals surface area (Å²) in [6, 6.07) is 3.47. The monoisotopic (exact) mass is 320 g/mol. The third-order valence-electron chi connectivity index (χ3n) is 3.31. The number of halogens is 3. The molecule has 1 aromatic carbocycles. The summed E-state index contributed by atoms with van der Waals surface area (Å²) in [5.41, 5.74) is 5.45. The zero-order chi connectivity index (χ0) is 15.7. The Hall–Kier alpha value is -1.57. The van der Waals surface area contributed by atoms with Crippen molar-refractivity contribution in [2.75, 3.05) is 18.5 Å². The number of carbonyl (C=O) groups excluding carboxylic acids is 1. The topological polar surface area (TPSA) is 64.3 Å². The van der Waals surface area contributed by atoms with Gasteiger partial charge in [0.25, 0.3) is 5.91 Å². The number of carbonyl (C=O) groups is 1. The average Bonchev–Trinajstić information content (AvgIpc) is 3.17. The fourth-order valence-corrected chi connectivity index (χ4v) is 2.57. The summed E-state index contributed by atoms with van der Waals surface area (Å²) < 4.78 is 40.2. The fraction of sp³-hybridized carbons (Fsp3) is 0.462. The molecule has 21 heavy (non-hydrogen) atoms. The van der Waals surface area contributed by atoms with Crippen LogP contribution in [0.2, 0.25) is 0 Å². The van der Waals surface area contributed by atoms with Crippen LogP contribution in [0.3, 0.4) is 0 Å². The molecule has 0 aliphatic heterocycles. The molecule has 0 saturated heterocycles. The maximum atomic E-state index is 12.1. The summed E-state index contributed by atoms with van der Waals surface area (Å²) in [7, 11) is 0. The van der Waals surface area contributed by atoms with E-state index in [9.17, 15) is 18.0 Å². The number of alkyl halides is 3. The largest absolute Gasteiger partial charge is 0.573 e. The third-order valence-corrected chi connectivity index (χ3v) is 4.73. The van der Waals surface area contributed by atoms with Crippen LogP contribution >= 0.6 is 11.8 Å². The number of hydrogen-bond acceptors (Lipinski definition) is 4. The molecular formula is C13H15F3N2O2S. The standard InChI is InChI=1S/C13H15F3N2O2S/c1-21-12(4-5-12)7-18-11(19)8-2-3-10(9(17)6-8)20-13(14,15)16/h2-3,6H,4-5,7,17H2,1H3,(H,18,19). The molecule has 1 fully saturated rings. The van der Waals surface area contributed by atoms with Gasteiger partial charge < -0.3 is 15.8 Å². The molecule has 8 heteroatoms. The van der Waals surface area contributed by atoms with Crippen molar-refractivity contribution in [3.8, 4) is 5.75 Å². The second-order valence-electron chi connectivity index (χ2n) is 4.87. The van der Waals surface area contributed by atoms with E-state index in [0.717, 1.165) is 18.9 Å². The lowest BCUT2D eigenvalue weighted by Crippen LogP contribution is -2.31. The number of amides is 1. The van der Waals surface area contributed by atoms with Crippen LogP contribution in [0.4, 0.5) is 18.9 Å². The molecule has 3 N–H and O–H groups in total. The van der Waals surface area contributed by atoms with E-state index in [4.69, 9.17) is 5.73 Å². The maximum Gasteiger partial charge on any atom is 0.573 e. The lowest BCUT2D eigenvalue weighted by molar-refractivity contribution is -0.274. The zero-order valence-electron chi connectivity index (χ0n) is 11.3. The van der Waals surface area contributed by atoms with Crippen molar-refractivity contribution in [1.29, 1.82) is 0 Å². The Morgan fingerprint density at radius 3 is 2.62 bits per heavy atom. The highest BCUT2D eigenvalue weighted by Crippen LogP contribution is 2.46. The van der Waals surface area contributed by atoms with Crippen LogP contribution in [0.25, 0.3) is 0 Å². The van der Waals surface area contributed by atoms with E-state index in [-0.39, 0.29) is 21.9 Å². The van der Waals surface area contributed by atoms with Crippen LogP contribution in [0.15, 0.2) is 18.2 Å². The number of anilines is 1. The van der Waals surface area contributed by atoms with Crippen LogP contribution in [0.5, 0.6) is 5.75 Å². The molecule has 0 radical (unpaired) electrons. The molecule has 1 aliphatic rings. The summed E-state index contributed by atoms with van der Waals surface area (Å²) in [5.74, 6) is -0.873. The van der Waals surface area contributed by atoms with Crippen LogP contribution < -0.4 is 15.8 Å². The highest BCUT2D eigenvalue weighted by molar-refractivity contribution is 8.00. The molecule has 116 valence electrons. The Kier molecular flexibility index (Phi) is 4.27. The second kappa shape index (κ2) is 5.67. The van der Waals surface area contributed by atoms with Crippen molar-refractivity contribution in [3.05, 3.63) is 23.8 Å². The van der Waals surface area contributed by atoms with Gasteiger partial charge in [0, 0.05) is 16.9 Å². The summed E-state index contributed by atoms with van der Waals surface area (Å²) in [5, 5.41) is 2.77. The number of nitrogen functional groups attached to an aromatic ring is 1. The van der Waals surface area contributed by atoms with Crippen molar-refractivity contribution in [2.24, 2.45) is 0 Å². The van der Waals surface area contributed by atoms with E-state index < -0.39 is 12.1 Å². The molecule has 1 aliphatic carbocycles. The lowest BCUT2D eigenvalue weighted by atomic mass is 10.1. The van der Waals surface area contributed by atoms with Crippen LogP contribution in [0.1, 0.15) is 23.2 Å². The normalized spacial score (nSPS) is 16.4. The summed E-state index contributed by atoms with van der Waals surface area (Å²) >= 11 is 1.70. The molecule has 0 bridgehead atoms. The van der Waals surface area contributed by atoms with Gasteiger partial charge in [-0.25, -0.2) is 0 Å². The molecular weight excluding hydrogens is 305 g/mol. The molecule has 2 rings (SSSR count). The van der Waals surface area contributed by atoms with E-state index in [0.29, 0.717) is 6.54 Å².